The Morgan fingerprint density at radius 3 is 2.62 bits per heavy atom. The highest BCUT2D eigenvalue weighted by Crippen LogP contribution is 2.35. The van der Waals surface area contributed by atoms with Gasteiger partial charge in [0.25, 0.3) is 11.8 Å². The number of pyridine rings is 1. The molecule has 5 rings (SSSR count). The lowest BCUT2D eigenvalue weighted by molar-refractivity contribution is -0.127. The maximum atomic E-state index is 13.9. The van der Waals surface area contributed by atoms with Gasteiger partial charge in [-0.3, -0.25) is 19.3 Å². The zero-order chi connectivity index (χ0) is 23.5. The van der Waals surface area contributed by atoms with Crippen LogP contribution in [-0.2, 0) is 11.3 Å². The molecule has 170 valence electrons. The molecule has 0 saturated carbocycles. The number of anilines is 1. The minimum absolute atomic E-state index is 0.0892. The quantitative estimate of drug-likeness (QED) is 0.502. The normalized spacial score (nSPS) is 14.7. The maximum absolute atomic E-state index is 13.9. The van der Waals surface area contributed by atoms with Gasteiger partial charge in [-0.25, -0.2) is 0 Å². The fraction of sp³-hybridized carbons (Fsp3) is 0.154. The van der Waals surface area contributed by atoms with E-state index in [0.29, 0.717) is 29.2 Å². The molecular weight excluding hydrogens is 430 g/mol. The van der Waals surface area contributed by atoms with Gasteiger partial charge in [0.2, 0.25) is 0 Å². The van der Waals surface area contributed by atoms with E-state index in [9.17, 15) is 9.59 Å². The van der Waals surface area contributed by atoms with Crippen molar-refractivity contribution < 1.29 is 14.3 Å². The fourth-order valence-electron chi connectivity index (χ4n) is 4.02. The van der Waals surface area contributed by atoms with E-state index >= 15 is 0 Å². The molecule has 2 amide bonds. The van der Waals surface area contributed by atoms with E-state index in [1.807, 2.05) is 60.7 Å². The molecular formula is C26H23N5O3. The van der Waals surface area contributed by atoms with Gasteiger partial charge < -0.3 is 15.0 Å². The molecule has 3 heterocycles. The summed E-state index contributed by atoms with van der Waals surface area (Å²) in [6, 6.07) is 20.8. The summed E-state index contributed by atoms with van der Waals surface area (Å²) in [5.41, 5.74) is 3.38. The number of nitrogens with zero attached hydrogens (tertiary/aromatic N) is 4. The van der Waals surface area contributed by atoms with Crippen LogP contribution in [0.4, 0.5) is 5.69 Å². The van der Waals surface area contributed by atoms with Crippen molar-refractivity contribution in [2.24, 2.45) is 0 Å². The Kier molecular flexibility index (Phi) is 5.78. The van der Waals surface area contributed by atoms with Gasteiger partial charge in [0, 0.05) is 31.2 Å². The molecule has 1 aliphatic heterocycles. The molecule has 0 unspecified atom stereocenters. The fourth-order valence-corrected chi connectivity index (χ4v) is 4.02. The highest BCUT2D eigenvalue weighted by atomic mass is 16.5. The summed E-state index contributed by atoms with van der Waals surface area (Å²) in [6.45, 7) is 0.605. The standard InChI is InChI=1S/C26H23N5O3/c1-27-25(32)23-17-31(21-11-5-6-12-22(21)34-23)26(33)20-16-30(15-18-8-3-2-4-9-18)29-24(20)19-10-7-13-28-14-19/h2-14,16,23H,15,17H2,1H3,(H,27,32)/t23-/m1/s1. The van der Waals surface area contributed by atoms with Crippen LogP contribution in [0.1, 0.15) is 15.9 Å². The maximum Gasteiger partial charge on any atom is 0.262 e. The number of carbonyl (C=O) groups is 2. The molecule has 0 spiro atoms. The van der Waals surface area contributed by atoms with Crippen LogP contribution in [0.25, 0.3) is 11.3 Å². The first kappa shape index (κ1) is 21.4. The largest absolute Gasteiger partial charge is 0.477 e. The Bertz CT molecular complexity index is 1320. The third kappa shape index (κ3) is 4.13. The van der Waals surface area contributed by atoms with Crippen LogP contribution in [0.5, 0.6) is 5.75 Å². The van der Waals surface area contributed by atoms with Crippen molar-refractivity contribution in [2.45, 2.75) is 12.6 Å². The SMILES string of the molecule is CNC(=O)[C@H]1CN(C(=O)c2cn(Cc3ccccc3)nc2-c2cccnc2)c2ccccc2O1. The van der Waals surface area contributed by atoms with Gasteiger partial charge in [0.05, 0.1) is 24.3 Å². The number of nitrogens with one attached hydrogen (secondary N) is 1. The lowest BCUT2D eigenvalue weighted by atomic mass is 10.1. The van der Waals surface area contributed by atoms with E-state index in [-0.39, 0.29) is 18.4 Å². The second-order valence-corrected chi connectivity index (χ2v) is 7.92. The first-order valence-electron chi connectivity index (χ1n) is 10.9. The number of benzene rings is 2. The second kappa shape index (κ2) is 9.19. The van der Waals surface area contributed by atoms with Gasteiger partial charge in [-0.05, 0) is 29.8 Å². The topological polar surface area (TPSA) is 89.4 Å². The lowest BCUT2D eigenvalue weighted by Crippen LogP contribution is -2.50. The van der Waals surface area contributed by atoms with Crippen LogP contribution >= 0.6 is 0 Å². The molecule has 0 aliphatic carbocycles. The van der Waals surface area contributed by atoms with E-state index < -0.39 is 6.10 Å². The molecule has 0 saturated heterocycles. The molecule has 8 nitrogen and oxygen atoms in total. The summed E-state index contributed by atoms with van der Waals surface area (Å²) in [5, 5.41) is 7.34. The first-order valence-corrected chi connectivity index (χ1v) is 10.9. The first-order chi connectivity index (χ1) is 16.6. The van der Waals surface area contributed by atoms with Crippen molar-refractivity contribution in [1.82, 2.24) is 20.1 Å². The zero-order valence-corrected chi connectivity index (χ0v) is 18.6. The van der Waals surface area contributed by atoms with Crippen LogP contribution in [0.3, 0.4) is 0 Å². The Balaban J connectivity index is 1.56. The monoisotopic (exact) mass is 453 g/mol. The third-order valence-electron chi connectivity index (χ3n) is 5.67. The third-order valence-corrected chi connectivity index (χ3v) is 5.67. The molecule has 2 aromatic carbocycles. The second-order valence-electron chi connectivity index (χ2n) is 7.92. The van der Waals surface area contributed by atoms with E-state index in [4.69, 9.17) is 9.84 Å². The van der Waals surface area contributed by atoms with Gasteiger partial charge in [-0.1, -0.05) is 42.5 Å². The van der Waals surface area contributed by atoms with Crippen LogP contribution in [0.15, 0.2) is 85.3 Å². The van der Waals surface area contributed by atoms with E-state index in [0.717, 1.165) is 11.1 Å². The zero-order valence-electron chi connectivity index (χ0n) is 18.6. The number of amides is 2. The Labute approximate surface area is 196 Å². The van der Waals surface area contributed by atoms with E-state index in [1.165, 1.54) is 0 Å². The van der Waals surface area contributed by atoms with Crippen molar-refractivity contribution in [1.29, 1.82) is 0 Å². The molecule has 2 aromatic heterocycles. The van der Waals surface area contributed by atoms with Crippen molar-refractivity contribution in [2.75, 3.05) is 18.5 Å². The average Bonchev–Trinajstić information content (AvgIpc) is 3.32. The van der Waals surface area contributed by atoms with Crippen molar-refractivity contribution in [3.63, 3.8) is 0 Å². The number of para-hydroxylation sites is 2. The number of hydrogen-bond donors (Lipinski definition) is 1. The van der Waals surface area contributed by atoms with E-state index in [2.05, 4.69) is 10.3 Å². The molecule has 1 N–H and O–H groups in total. The van der Waals surface area contributed by atoms with Gasteiger partial charge in [0.1, 0.15) is 11.4 Å². The molecule has 0 bridgehead atoms. The summed E-state index contributed by atoms with van der Waals surface area (Å²) < 4.78 is 7.62. The Morgan fingerprint density at radius 2 is 1.85 bits per heavy atom. The number of ether oxygens (including phenoxy) is 1. The van der Waals surface area contributed by atoms with Gasteiger partial charge >= 0.3 is 0 Å². The predicted molar refractivity (Wildman–Crippen MR) is 128 cm³/mol. The number of aromatic nitrogens is 3. The minimum Gasteiger partial charge on any atom is -0.477 e. The number of hydrogen-bond acceptors (Lipinski definition) is 5. The number of fused-ring (bicyclic) bond motifs is 1. The van der Waals surface area contributed by atoms with Gasteiger partial charge in [0.15, 0.2) is 6.10 Å². The molecule has 4 aromatic rings. The van der Waals surface area contributed by atoms with Crippen LogP contribution in [0, 0.1) is 0 Å². The van der Waals surface area contributed by atoms with Crippen LogP contribution < -0.4 is 15.0 Å². The minimum atomic E-state index is -0.815. The van der Waals surface area contributed by atoms with Crippen molar-refractivity contribution >= 4 is 17.5 Å². The highest BCUT2D eigenvalue weighted by molar-refractivity contribution is 6.11. The number of rotatable bonds is 5. The molecule has 0 fully saturated rings. The van der Waals surface area contributed by atoms with Crippen molar-refractivity contribution in [3.8, 4) is 17.0 Å². The summed E-state index contributed by atoms with van der Waals surface area (Å²) >= 11 is 0. The smallest absolute Gasteiger partial charge is 0.262 e. The predicted octanol–water partition coefficient (Wildman–Crippen LogP) is 3.15. The molecule has 1 atom stereocenters. The van der Waals surface area contributed by atoms with Gasteiger partial charge in [-0.15, -0.1) is 0 Å². The number of likely N-dealkylation sites (N-methyl/N-ethyl adjacent to an activating group) is 1. The number of carbonyl (C=O) groups excluding carboxylic acids is 2. The highest BCUT2D eigenvalue weighted by Gasteiger charge is 2.35. The molecule has 34 heavy (non-hydrogen) atoms. The van der Waals surface area contributed by atoms with Crippen molar-refractivity contribution in [3.05, 3.63) is 96.4 Å². The molecule has 0 radical (unpaired) electrons. The Morgan fingerprint density at radius 1 is 1.06 bits per heavy atom. The van der Waals surface area contributed by atoms with Crippen LogP contribution in [0.2, 0.25) is 0 Å². The van der Waals surface area contributed by atoms with Crippen LogP contribution in [-0.4, -0.2) is 46.3 Å². The Hall–Kier alpha value is -4.46. The molecule has 8 heteroatoms. The summed E-state index contributed by atoms with van der Waals surface area (Å²) in [4.78, 5) is 32.1. The van der Waals surface area contributed by atoms with E-state index in [1.54, 1.807) is 41.3 Å². The molecule has 1 aliphatic rings. The van der Waals surface area contributed by atoms with Gasteiger partial charge in [-0.2, -0.15) is 5.10 Å². The average molecular weight is 454 g/mol. The lowest BCUT2D eigenvalue weighted by Gasteiger charge is -2.34. The summed E-state index contributed by atoms with van der Waals surface area (Å²) in [7, 11) is 1.55. The summed E-state index contributed by atoms with van der Waals surface area (Å²) in [6.07, 6.45) is 4.31. The summed E-state index contributed by atoms with van der Waals surface area (Å²) in [5.74, 6) is -0.0716.